The van der Waals surface area contributed by atoms with Crippen LogP contribution in [0, 0.1) is 0 Å². The Bertz CT molecular complexity index is 423. The van der Waals surface area contributed by atoms with Crippen LogP contribution in [0.25, 0.3) is 0 Å². The predicted octanol–water partition coefficient (Wildman–Crippen LogP) is 4.17. The third kappa shape index (κ3) is 3.29. The molecule has 2 nitrogen and oxygen atoms in total. The molecule has 0 spiro atoms. The van der Waals surface area contributed by atoms with Crippen LogP contribution in [0.4, 0.5) is 0 Å². The minimum Gasteiger partial charge on any atom is -0.399 e. The molecule has 0 atom stereocenters. The van der Waals surface area contributed by atoms with Gasteiger partial charge in [-0.2, -0.15) is 11.3 Å². The van der Waals surface area contributed by atoms with E-state index in [2.05, 4.69) is 46.1 Å². The monoisotopic (exact) mass is 294 g/mol. The van der Waals surface area contributed by atoms with E-state index in [4.69, 9.17) is 9.31 Å². The molecule has 0 bridgehead atoms. The van der Waals surface area contributed by atoms with E-state index in [1.54, 1.807) is 11.3 Å². The highest BCUT2D eigenvalue weighted by Crippen LogP contribution is 2.37. The molecule has 0 saturated carbocycles. The van der Waals surface area contributed by atoms with Crippen molar-refractivity contribution in [1.82, 2.24) is 0 Å². The zero-order valence-electron chi connectivity index (χ0n) is 13.5. The molecule has 1 aromatic heterocycles. The summed E-state index contributed by atoms with van der Waals surface area (Å²) in [4.78, 5) is 0. The van der Waals surface area contributed by atoms with Crippen LogP contribution < -0.4 is 4.78 Å². The van der Waals surface area contributed by atoms with E-state index >= 15 is 0 Å². The molecular weight excluding hydrogens is 267 g/mol. The van der Waals surface area contributed by atoms with E-state index in [0.717, 1.165) is 6.42 Å². The summed E-state index contributed by atoms with van der Waals surface area (Å²) in [6, 6.07) is 2.23. The topological polar surface area (TPSA) is 18.5 Å². The number of thiophene rings is 1. The fraction of sp³-hybridized carbons (Fsp3) is 0.750. The Morgan fingerprint density at radius 1 is 1.05 bits per heavy atom. The van der Waals surface area contributed by atoms with Crippen LogP contribution >= 0.6 is 11.3 Å². The second kappa shape index (κ2) is 6.21. The molecule has 1 fully saturated rings. The van der Waals surface area contributed by atoms with Gasteiger partial charge in [0.05, 0.1) is 11.2 Å². The van der Waals surface area contributed by atoms with Crippen molar-refractivity contribution in [2.45, 2.75) is 77.9 Å². The van der Waals surface area contributed by atoms with Gasteiger partial charge in [-0.15, -0.1) is 0 Å². The molecule has 1 saturated heterocycles. The molecule has 0 unspecified atom stereocenters. The van der Waals surface area contributed by atoms with Gasteiger partial charge >= 0.3 is 7.12 Å². The molecular formula is C16H27BO2S. The lowest BCUT2D eigenvalue weighted by Gasteiger charge is -2.32. The summed E-state index contributed by atoms with van der Waals surface area (Å²) in [6.07, 6.45) is 6.33. The largest absolute Gasteiger partial charge is 0.505 e. The van der Waals surface area contributed by atoms with Crippen LogP contribution in [0.2, 0.25) is 0 Å². The van der Waals surface area contributed by atoms with Crippen LogP contribution in [0.5, 0.6) is 0 Å². The van der Waals surface area contributed by atoms with Gasteiger partial charge in [0.15, 0.2) is 0 Å². The van der Waals surface area contributed by atoms with Crippen LogP contribution in [0.3, 0.4) is 0 Å². The predicted molar refractivity (Wildman–Crippen MR) is 87.9 cm³/mol. The third-order valence-electron chi connectivity index (χ3n) is 4.55. The van der Waals surface area contributed by atoms with Crippen LogP contribution in [-0.4, -0.2) is 18.3 Å². The summed E-state index contributed by atoms with van der Waals surface area (Å²) in [6.45, 7) is 10.7. The Kier molecular flexibility index (Phi) is 4.98. The minimum atomic E-state index is -0.249. The Hall–Kier alpha value is -0.315. The van der Waals surface area contributed by atoms with Crippen molar-refractivity contribution in [3.05, 3.63) is 17.0 Å². The van der Waals surface area contributed by atoms with E-state index in [9.17, 15) is 0 Å². The summed E-state index contributed by atoms with van der Waals surface area (Å²) in [5, 5.41) is 2.16. The second-order valence-corrected chi connectivity index (χ2v) is 7.66. The first-order valence-electron chi connectivity index (χ1n) is 7.79. The van der Waals surface area contributed by atoms with E-state index < -0.39 is 0 Å². The van der Waals surface area contributed by atoms with Crippen LogP contribution in [0.1, 0.15) is 65.9 Å². The van der Waals surface area contributed by atoms with Crippen molar-refractivity contribution in [2.75, 3.05) is 0 Å². The summed E-state index contributed by atoms with van der Waals surface area (Å²) < 4.78 is 13.6. The molecule has 4 heteroatoms. The van der Waals surface area contributed by atoms with Gasteiger partial charge < -0.3 is 9.31 Å². The summed E-state index contributed by atoms with van der Waals surface area (Å²) in [5.74, 6) is 0. The number of rotatable bonds is 6. The van der Waals surface area contributed by atoms with Gasteiger partial charge in [0.2, 0.25) is 0 Å². The first-order valence-corrected chi connectivity index (χ1v) is 8.67. The molecule has 1 aromatic rings. The van der Waals surface area contributed by atoms with Gasteiger partial charge in [-0.1, -0.05) is 26.2 Å². The molecule has 2 rings (SSSR count). The molecule has 0 amide bonds. The second-order valence-electron chi connectivity index (χ2n) is 6.71. The Morgan fingerprint density at radius 3 is 2.30 bits per heavy atom. The first kappa shape index (κ1) is 16.1. The molecule has 0 N–H and O–H groups in total. The van der Waals surface area contributed by atoms with Gasteiger partial charge in [-0.05, 0) is 57.5 Å². The fourth-order valence-electron chi connectivity index (χ4n) is 2.45. The maximum atomic E-state index is 6.16. The van der Waals surface area contributed by atoms with Gasteiger partial charge in [0.25, 0.3) is 0 Å². The van der Waals surface area contributed by atoms with E-state index in [0.29, 0.717) is 0 Å². The number of hydrogen-bond acceptors (Lipinski definition) is 3. The number of aryl methyl sites for hydroxylation is 1. The SMILES string of the molecule is CCCCCCc1ccsc1B1OC(C)(C)C(C)(C)O1. The Labute approximate surface area is 128 Å². The van der Waals surface area contributed by atoms with E-state index in [1.165, 1.54) is 36.0 Å². The summed E-state index contributed by atoms with van der Waals surface area (Å²) in [5.41, 5.74) is 0.909. The normalized spacial score (nSPS) is 20.6. The Balaban J connectivity index is 2.02. The van der Waals surface area contributed by atoms with Crippen molar-refractivity contribution >= 4 is 23.2 Å². The lowest BCUT2D eigenvalue weighted by Crippen LogP contribution is -2.41. The van der Waals surface area contributed by atoms with E-state index in [1.807, 2.05) is 0 Å². The van der Waals surface area contributed by atoms with Gasteiger partial charge in [0.1, 0.15) is 0 Å². The van der Waals surface area contributed by atoms with Gasteiger partial charge in [0, 0.05) is 4.78 Å². The lowest BCUT2D eigenvalue weighted by molar-refractivity contribution is 0.00578. The Morgan fingerprint density at radius 2 is 1.70 bits per heavy atom. The zero-order chi connectivity index (χ0) is 14.8. The fourth-order valence-corrected chi connectivity index (χ4v) is 3.36. The average molecular weight is 294 g/mol. The quantitative estimate of drug-likeness (QED) is 0.579. The van der Waals surface area contributed by atoms with Crippen molar-refractivity contribution in [2.24, 2.45) is 0 Å². The smallest absolute Gasteiger partial charge is 0.399 e. The molecule has 1 aliphatic heterocycles. The van der Waals surface area contributed by atoms with Crippen molar-refractivity contribution < 1.29 is 9.31 Å². The lowest BCUT2D eigenvalue weighted by atomic mass is 9.83. The third-order valence-corrected chi connectivity index (χ3v) is 5.53. The molecule has 2 heterocycles. The highest BCUT2D eigenvalue weighted by molar-refractivity contribution is 7.21. The highest BCUT2D eigenvalue weighted by Gasteiger charge is 2.52. The maximum Gasteiger partial charge on any atom is 0.505 e. The number of unbranched alkanes of at least 4 members (excludes halogenated alkanes) is 3. The zero-order valence-corrected chi connectivity index (χ0v) is 14.3. The first-order chi connectivity index (χ1) is 9.37. The molecule has 20 heavy (non-hydrogen) atoms. The van der Waals surface area contributed by atoms with Crippen molar-refractivity contribution in [3.63, 3.8) is 0 Å². The van der Waals surface area contributed by atoms with Crippen LogP contribution in [0.15, 0.2) is 11.4 Å². The van der Waals surface area contributed by atoms with Crippen molar-refractivity contribution in [3.8, 4) is 0 Å². The highest BCUT2D eigenvalue weighted by atomic mass is 32.1. The summed E-state index contributed by atoms with van der Waals surface area (Å²) in [7, 11) is -0.193. The number of hydrogen-bond donors (Lipinski definition) is 0. The van der Waals surface area contributed by atoms with Crippen LogP contribution in [-0.2, 0) is 15.7 Å². The van der Waals surface area contributed by atoms with Gasteiger partial charge in [-0.3, -0.25) is 0 Å². The maximum absolute atomic E-state index is 6.16. The minimum absolute atomic E-state index is 0.193. The molecule has 1 aliphatic rings. The molecule has 0 aromatic carbocycles. The summed E-state index contributed by atoms with van der Waals surface area (Å²) >= 11 is 1.76. The standard InChI is InChI=1S/C16H27BO2S/c1-6-7-8-9-10-13-11-12-20-14(13)17-18-15(2,3)16(4,5)19-17/h11-12H,6-10H2,1-5H3. The molecule has 0 radical (unpaired) electrons. The molecule has 112 valence electrons. The van der Waals surface area contributed by atoms with E-state index in [-0.39, 0.29) is 18.3 Å². The average Bonchev–Trinajstić information content (AvgIpc) is 2.88. The molecule has 0 aliphatic carbocycles. The van der Waals surface area contributed by atoms with Crippen molar-refractivity contribution in [1.29, 1.82) is 0 Å². The van der Waals surface area contributed by atoms with Gasteiger partial charge in [-0.25, -0.2) is 0 Å².